The summed E-state index contributed by atoms with van der Waals surface area (Å²) in [5, 5.41) is 4.88. The molecule has 1 rings (SSSR count). The molecule has 0 amide bonds. The molecule has 0 saturated carbocycles. The summed E-state index contributed by atoms with van der Waals surface area (Å²) in [5.74, 6) is 0. The van der Waals surface area contributed by atoms with Crippen molar-refractivity contribution in [3.8, 4) is 0 Å². The van der Waals surface area contributed by atoms with Crippen molar-refractivity contribution in [2.75, 3.05) is 0 Å². The van der Waals surface area contributed by atoms with E-state index in [9.17, 15) is 8.42 Å². The predicted molar refractivity (Wildman–Crippen MR) is 50.0 cm³/mol. The van der Waals surface area contributed by atoms with Gasteiger partial charge in [-0.25, -0.2) is 8.42 Å². The minimum atomic E-state index is -3.34. The highest BCUT2D eigenvalue weighted by Gasteiger charge is 2.16. The molecule has 0 spiro atoms. The zero-order valence-electron chi connectivity index (χ0n) is 7.69. The van der Waals surface area contributed by atoms with Crippen LogP contribution in [0.25, 0.3) is 0 Å². The van der Waals surface area contributed by atoms with Crippen LogP contribution in [0.4, 0.5) is 0 Å². The van der Waals surface area contributed by atoms with Gasteiger partial charge in [0.25, 0.3) is 0 Å². The van der Waals surface area contributed by atoms with Gasteiger partial charge in [-0.2, -0.15) is 5.10 Å². The Labute approximate surface area is 77.8 Å². The Morgan fingerprint density at radius 3 is 2.69 bits per heavy atom. The summed E-state index contributed by atoms with van der Waals surface area (Å²) in [5.41, 5.74) is 0.655. The first-order chi connectivity index (χ1) is 6.03. The first-order valence-electron chi connectivity index (χ1n) is 3.93. The van der Waals surface area contributed by atoms with Crippen molar-refractivity contribution in [1.82, 2.24) is 9.78 Å². The molecule has 1 aromatic heterocycles. The highest BCUT2D eigenvalue weighted by atomic mass is 32.2. The standard InChI is InChI=1S/C8H12N2O2S/c1-4-10-7(3)8(6-9-10)13(11,12)5-2/h5-6H,2,4H2,1,3H3. The summed E-state index contributed by atoms with van der Waals surface area (Å²) in [6, 6.07) is 0. The number of hydrogen-bond acceptors (Lipinski definition) is 3. The Morgan fingerprint density at radius 1 is 1.69 bits per heavy atom. The van der Waals surface area contributed by atoms with E-state index in [1.54, 1.807) is 11.6 Å². The SMILES string of the molecule is C=CS(=O)(=O)c1cnn(CC)c1C. The average molecular weight is 200 g/mol. The fourth-order valence-electron chi connectivity index (χ4n) is 1.12. The summed E-state index contributed by atoms with van der Waals surface area (Å²) in [6.45, 7) is 7.56. The van der Waals surface area contributed by atoms with Gasteiger partial charge in [0.05, 0.1) is 11.9 Å². The molecular formula is C8H12N2O2S. The van der Waals surface area contributed by atoms with Gasteiger partial charge in [-0.15, -0.1) is 0 Å². The maximum Gasteiger partial charge on any atom is 0.202 e. The lowest BCUT2D eigenvalue weighted by Gasteiger charge is -1.99. The monoisotopic (exact) mass is 200 g/mol. The van der Waals surface area contributed by atoms with E-state index in [-0.39, 0.29) is 4.90 Å². The molecule has 0 fully saturated rings. The van der Waals surface area contributed by atoms with Gasteiger partial charge in [-0.1, -0.05) is 6.58 Å². The van der Waals surface area contributed by atoms with Crippen LogP contribution in [0.15, 0.2) is 23.1 Å². The number of aryl methyl sites for hydroxylation is 1. The van der Waals surface area contributed by atoms with Gasteiger partial charge in [0.2, 0.25) is 9.84 Å². The van der Waals surface area contributed by atoms with E-state index in [0.29, 0.717) is 12.2 Å². The van der Waals surface area contributed by atoms with E-state index in [4.69, 9.17) is 0 Å². The average Bonchev–Trinajstić information content (AvgIpc) is 2.47. The molecule has 0 bridgehead atoms. The van der Waals surface area contributed by atoms with Crippen molar-refractivity contribution >= 4 is 9.84 Å². The van der Waals surface area contributed by atoms with Crippen molar-refractivity contribution in [3.63, 3.8) is 0 Å². The Balaban J connectivity index is 3.33. The van der Waals surface area contributed by atoms with Gasteiger partial charge in [0.15, 0.2) is 0 Å². The molecule has 5 heteroatoms. The minimum Gasteiger partial charge on any atom is -0.269 e. The highest BCUT2D eigenvalue weighted by Crippen LogP contribution is 2.15. The minimum absolute atomic E-state index is 0.240. The van der Waals surface area contributed by atoms with Gasteiger partial charge in [0, 0.05) is 12.0 Å². The van der Waals surface area contributed by atoms with E-state index < -0.39 is 9.84 Å². The summed E-state index contributed by atoms with van der Waals surface area (Å²) >= 11 is 0. The van der Waals surface area contributed by atoms with Gasteiger partial charge < -0.3 is 0 Å². The van der Waals surface area contributed by atoms with Crippen molar-refractivity contribution < 1.29 is 8.42 Å². The second-order valence-electron chi connectivity index (χ2n) is 2.62. The summed E-state index contributed by atoms with van der Waals surface area (Å²) < 4.78 is 24.4. The van der Waals surface area contributed by atoms with Crippen LogP contribution >= 0.6 is 0 Å². The molecule has 0 aliphatic heterocycles. The lowest BCUT2D eigenvalue weighted by molar-refractivity contribution is 0.601. The molecule has 72 valence electrons. The molecule has 0 aromatic carbocycles. The molecule has 0 aliphatic rings. The number of aromatic nitrogens is 2. The van der Waals surface area contributed by atoms with Crippen molar-refractivity contribution in [2.45, 2.75) is 25.3 Å². The lowest BCUT2D eigenvalue weighted by Crippen LogP contribution is -2.01. The maximum atomic E-state index is 11.4. The van der Waals surface area contributed by atoms with E-state index in [0.717, 1.165) is 5.41 Å². The Kier molecular flexibility index (Phi) is 2.56. The van der Waals surface area contributed by atoms with Gasteiger partial charge in [-0.05, 0) is 13.8 Å². The first-order valence-corrected chi connectivity index (χ1v) is 5.47. The Morgan fingerprint density at radius 2 is 2.31 bits per heavy atom. The Bertz CT molecular complexity index is 417. The number of rotatable bonds is 3. The number of hydrogen-bond donors (Lipinski definition) is 0. The molecule has 0 aliphatic carbocycles. The molecule has 0 N–H and O–H groups in total. The molecule has 4 nitrogen and oxygen atoms in total. The normalized spacial score (nSPS) is 11.5. The Hall–Kier alpha value is -1.10. The van der Waals surface area contributed by atoms with Crippen LogP contribution in [0.3, 0.4) is 0 Å². The maximum absolute atomic E-state index is 11.4. The molecule has 1 heterocycles. The van der Waals surface area contributed by atoms with E-state index in [1.807, 2.05) is 6.92 Å². The zero-order chi connectivity index (χ0) is 10.1. The lowest BCUT2D eigenvalue weighted by atomic mass is 10.5. The van der Waals surface area contributed by atoms with Crippen molar-refractivity contribution in [2.24, 2.45) is 0 Å². The van der Waals surface area contributed by atoms with Crippen LogP contribution in [0.2, 0.25) is 0 Å². The van der Waals surface area contributed by atoms with Gasteiger partial charge in [0.1, 0.15) is 4.90 Å². The molecule has 0 unspecified atom stereocenters. The highest BCUT2D eigenvalue weighted by molar-refractivity contribution is 7.94. The largest absolute Gasteiger partial charge is 0.269 e. The van der Waals surface area contributed by atoms with Crippen LogP contribution < -0.4 is 0 Å². The zero-order valence-corrected chi connectivity index (χ0v) is 8.50. The summed E-state index contributed by atoms with van der Waals surface area (Å²) in [4.78, 5) is 0.240. The van der Waals surface area contributed by atoms with E-state index in [2.05, 4.69) is 11.7 Å². The molecule has 0 saturated heterocycles. The third kappa shape index (κ3) is 1.65. The van der Waals surface area contributed by atoms with Crippen LogP contribution in [-0.2, 0) is 16.4 Å². The van der Waals surface area contributed by atoms with Crippen LogP contribution in [0.1, 0.15) is 12.6 Å². The third-order valence-corrected chi connectivity index (χ3v) is 3.34. The van der Waals surface area contributed by atoms with E-state index >= 15 is 0 Å². The second-order valence-corrected chi connectivity index (χ2v) is 4.48. The van der Waals surface area contributed by atoms with Crippen LogP contribution in [0.5, 0.6) is 0 Å². The van der Waals surface area contributed by atoms with Crippen LogP contribution in [-0.4, -0.2) is 18.2 Å². The molecule has 1 aromatic rings. The molecule has 13 heavy (non-hydrogen) atoms. The van der Waals surface area contributed by atoms with Crippen molar-refractivity contribution in [3.05, 3.63) is 23.9 Å². The number of sulfone groups is 1. The number of nitrogens with zero attached hydrogens (tertiary/aromatic N) is 2. The van der Waals surface area contributed by atoms with Gasteiger partial charge >= 0.3 is 0 Å². The van der Waals surface area contributed by atoms with Crippen molar-refractivity contribution in [1.29, 1.82) is 0 Å². The predicted octanol–water partition coefficient (Wildman–Crippen LogP) is 1.13. The summed E-state index contributed by atoms with van der Waals surface area (Å²) in [6.07, 6.45) is 1.36. The first kappa shape index (κ1) is 9.98. The van der Waals surface area contributed by atoms with E-state index in [1.165, 1.54) is 6.20 Å². The smallest absolute Gasteiger partial charge is 0.202 e. The van der Waals surface area contributed by atoms with Gasteiger partial charge in [-0.3, -0.25) is 4.68 Å². The molecule has 0 atom stereocenters. The second kappa shape index (κ2) is 3.33. The quantitative estimate of drug-likeness (QED) is 0.735. The topological polar surface area (TPSA) is 52.0 Å². The molecule has 0 radical (unpaired) electrons. The fourth-order valence-corrected chi connectivity index (χ4v) is 2.01. The third-order valence-electron chi connectivity index (χ3n) is 1.88. The van der Waals surface area contributed by atoms with Crippen LogP contribution in [0, 0.1) is 6.92 Å². The molecular weight excluding hydrogens is 188 g/mol. The summed E-state index contributed by atoms with van der Waals surface area (Å²) in [7, 11) is -3.34. The fraction of sp³-hybridized carbons (Fsp3) is 0.375.